The van der Waals surface area contributed by atoms with Gasteiger partial charge in [-0.1, -0.05) is 13.3 Å². The Labute approximate surface area is 97.6 Å². The van der Waals surface area contributed by atoms with E-state index in [2.05, 4.69) is 6.92 Å². The second-order valence-electron chi connectivity index (χ2n) is 4.49. The Balaban J connectivity index is 2.43. The number of amides is 1. The van der Waals surface area contributed by atoms with Crippen LogP contribution in [0.25, 0.3) is 0 Å². The molecule has 0 aromatic heterocycles. The Morgan fingerprint density at radius 1 is 1.56 bits per heavy atom. The van der Waals surface area contributed by atoms with Gasteiger partial charge >= 0.3 is 0 Å². The predicted octanol–water partition coefficient (Wildman–Crippen LogP) is 1.03. The zero-order valence-electron chi connectivity index (χ0n) is 10.3. The highest BCUT2D eigenvalue weighted by Crippen LogP contribution is 2.24. The van der Waals surface area contributed by atoms with Gasteiger partial charge in [0.2, 0.25) is 5.91 Å². The maximum atomic E-state index is 12.0. The first-order chi connectivity index (χ1) is 7.69. The number of rotatable bonds is 5. The van der Waals surface area contributed by atoms with Crippen molar-refractivity contribution in [2.45, 2.75) is 38.7 Å². The molecule has 94 valence electrons. The first kappa shape index (κ1) is 13.5. The molecule has 2 unspecified atom stereocenters. The summed E-state index contributed by atoms with van der Waals surface area (Å²) in [5, 5.41) is 8.80. The number of aliphatic hydroxyl groups excluding tert-OH is 1. The molecule has 0 bridgehead atoms. The van der Waals surface area contributed by atoms with Crippen molar-refractivity contribution >= 4 is 5.91 Å². The summed E-state index contributed by atoms with van der Waals surface area (Å²) in [6, 6.07) is 0. The van der Waals surface area contributed by atoms with Crippen LogP contribution >= 0.6 is 0 Å². The molecule has 0 radical (unpaired) electrons. The summed E-state index contributed by atoms with van der Waals surface area (Å²) in [5.41, 5.74) is 0. The van der Waals surface area contributed by atoms with E-state index < -0.39 is 0 Å². The third-order valence-electron chi connectivity index (χ3n) is 3.14. The van der Waals surface area contributed by atoms with Gasteiger partial charge in [0, 0.05) is 26.1 Å². The maximum Gasteiger partial charge on any atom is 0.225 e. The SMILES string of the molecule is CCCC1CC(C(=O)N(C)CCO)CCO1. The predicted molar refractivity (Wildman–Crippen MR) is 62.1 cm³/mol. The van der Waals surface area contributed by atoms with Crippen LogP contribution in [-0.4, -0.2) is 48.8 Å². The number of carbonyl (C=O) groups is 1. The molecule has 1 saturated heterocycles. The van der Waals surface area contributed by atoms with Crippen LogP contribution in [0.3, 0.4) is 0 Å². The summed E-state index contributed by atoms with van der Waals surface area (Å²) < 4.78 is 5.62. The molecule has 1 aliphatic heterocycles. The fourth-order valence-corrected chi connectivity index (χ4v) is 2.20. The summed E-state index contributed by atoms with van der Waals surface area (Å²) in [7, 11) is 1.75. The topological polar surface area (TPSA) is 49.8 Å². The van der Waals surface area contributed by atoms with Gasteiger partial charge < -0.3 is 14.7 Å². The summed E-state index contributed by atoms with van der Waals surface area (Å²) >= 11 is 0. The number of hydrogen-bond acceptors (Lipinski definition) is 3. The van der Waals surface area contributed by atoms with Crippen LogP contribution in [-0.2, 0) is 9.53 Å². The molecule has 4 heteroatoms. The number of aliphatic hydroxyl groups is 1. The van der Waals surface area contributed by atoms with Gasteiger partial charge in [0.05, 0.1) is 12.7 Å². The highest BCUT2D eigenvalue weighted by atomic mass is 16.5. The fourth-order valence-electron chi connectivity index (χ4n) is 2.20. The summed E-state index contributed by atoms with van der Waals surface area (Å²) in [4.78, 5) is 13.6. The third kappa shape index (κ3) is 3.76. The largest absolute Gasteiger partial charge is 0.395 e. The van der Waals surface area contributed by atoms with Gasteiger partial charge in [0.1, 0.15) is 0 Å². The Hall–Kier alpha value is -0.610. The molecule has 1 aliphatic rings. The zero-order valence-corrected chi connectivity index (χ0v) is 10.3. The van der Waals surface area contributed by atoms with E-state index in [0.717, 1.165) is 25.7 Å². The molecule has 1 N–H and O–H groups in total. The molecule has 4 nitrogen and oxygen atoms in total. The van der Waals surface area contributed by atoms with Crippen LogP contribution in [0.2, 0.25) is 0 Å². The van der Waals surface area contributed by atoms with Crippen LogP contribution in [0.4, 0.5) is 0 Å². The average Bonchev–Trinajstić information content (AvgIpc) is 2.29. The minimum absolute atomic E-state index is 0.0316. The van der Waals surface area contributed by atoms with Crippen molar-refractivity contribution in [1.82, 2.24) is 4.90 Å². The van der Waals surface area contributed by atoms with Gasteiger partial charge in [-0.05, 0) is 19.3 Å². The van der Waals surface area contributed by atoms with Gasteiger partial charge in [-0.3, -0.25) is 4.79 Å². The van der Waals surface area contributed by atoms with Crippen molar-refractivity contribution in [3.63, 3.8) is 0 Å². The lowest BCUT2D eigenvalue weighted by Crippen LogP contribution is -2.39. The second kappa shape index (κ2) is 6.86. The molecule has 0 spiro atoms. The standard InChI is InChI=1S/C12H23NO3/c1-3-4-11-9-10(5-8-16-11)12(15)13(2)6-7-14/h10-11,14H,3-9H2,1-2H3. The van der Waals surface area contributed by atoms with Gasteiger partial charge in [0.15, 0.2) is 0 Å². The third-order valence-corrected chi connectivity index (χ3v) is 3.14. The van der Waals surface area contributed by atoms with Gasteiger partial charge in [-0.15, -0.1) is 0 Å². The van der Waals surface area contributed by atoms with E-state index in [1.54, 1.807) is 11.9 Å². The zero-order chi connectivity index (χ0) is 12.0. The Morgan fingerprint density at radius 2 is 2.31 bits per heavy atom. The summed E-state index contributed by atoms with van der Waals surface area (Å²) in [6.07, 6.45) is 4.03. The maximum absolute atomic E-state index is 12.0. The van der Waals surface area contributed by atoms with Crippen LogP contribution in [0.15, 0.2) is 0 Å². The van der Waals surface area contributed by atoms with E-state index in [0.29, 0.717) is 13.2 Å². The first-order valence-electron chi connectivity index (χ1n) is 6.16. The first-order valence-corrected chi connectivity index (χ1v) is 6.16. The minimum atomic E-state index is 0.0316. The number of ether oxygens (including phenoxy) is 1. The number of carbonyl (C=O) groups excluding carboxylic acids is 1. The van der Waals surface area contributed by atoms with E-state index in [4.69, 9.17) is 9.84 Å². The second-order valence-corrected chi connectivity index (χ2v) is 4.49. The molecule has 0 saturated carbocycles. The molecule has 2 atom stereocenters. The molecular formula is C12H23NO3. The van der Waals surface area contributed by atoms with Crippen molar-refractivity contribution in [2.24, 2.45) is 5.92 Å². The van der Waals surface area contributed by atoms with Crippen LogP contribution in [0, 0.1) is 5.92 Å². The quantitative estimate of drug-likeness (QED) is 0.766. The summed E-state index contributed by atoms with van der Waals surface area (Å²) in [6.45, 7) is 3.28. The molecule has 0 aromatic rings. The fraction of sp³-hybridized carbons (Fsp3) is 0.917. The van der Waals surface area contributed by atoms with Crippen molar-refractivity contribution in [3.8, 4) is 0 Å². The van der Waals surface area contributed by atoms with Crippen LogP contribution in [0.1, 0.15) is 32.6 Å². The number of hydrogen-bond donors (Lipinski definition) is 1. The Kier molecular flexibility index (Phi) is 5.77. The lowest BCUT2D eigenvalue weighted by Gasteiger charge is -2.31. The van der Waals surface area contributed by atoms with Crippen molar-refractivity contribution in [1.29, 1.82) is 0 Å². The molecule has 1 heterocycles. The Morgan fingerprint density at radius 3 is 2.94 bits per heavy atom. The van der Waals surface area contributed by atoms with E-state index in [1.807, 2.05) is 0 Å². The molecule has 1 fully saturated rings. The van der Waals surface area contributed by atoms with E-state index in [-0.39, 0.29) is 24.5 Å². The number of nitrogens with zero attached hydrogens (tertiary/aromatic N) is 1. The monoisotopic (exact) mass is 229 g/mol. The normalized spacial score (nSPS) is 25.4. The van der Waals surface area contributed by atoms with E-state index >= 15 is 0 Å². The summed E-state index contributed by atoms with van der Waals surface area (Å²) in [5.74, 6) is 0.236. The van der Waals surface area contributed by atoms with Crippen LogP contribution < -0.4 is 0 Å². The molecule has 1 amide bonds. The molecule has 1 rings (SSSR count). The highest BCUT2D eigenvalue weighted by molar-refractivity contribution is 5.78. The highest BCUT2D eigenvalue weighted by Gasteiger charge is 2.28. The van der Waals surface area contributed by atoms with Gasteiger partial charge in [-0.25, -0.2) is 0 Å². The van der Waals surface area contributed by atoms with Gasteiger partial charge in [-0.2, -0.15) is 0 Å². The van der Waals surface area contributed by atoms with E-state index in [1.165, 1.54) is 0 Å². The molecule has 0 aliphatic carbocycles. The lowest BCUT2D eigenvalue weighted by atomic mass is 9.92. The van der Waals surface area contributed by atoms with E-state index in [9.17, 15) is 4.79 Å². The molecule has 0 aromatic carbocycles. The Bertz CT molecular complexity index is 218. The van der Waals surface area contributed by atoms with Crippen LogP contribution in [0.5, 0.6) is 0 Å². The average molecular weight is 229 g/mol. The minimum Gasteiger partial charge on any atom is -0.395 e. The van der Waals surface area contributed by atoms with Gasteiger partial charge in [0.25, 0.3) is 0 Å². The molecular weight excluding hydrogens is 206 g/mol. The molecule has 16 heavy (non-hydrogen) atoms. The van der Waals surface area contributed by atoms with Crippen molar-refractivity contribution in [2.75, 3.05) is 26.8 Å². The smallest absolute Gasteiger partial charge is 0.225 e. The van der Waals surface area contributed by atoms with Crippen molar-refractivity contribution < 1.29 is 14.6 Å². The number of likely N-dealkylation sites (N-methyl/N-ethyl adjacent to an activating group) is 1. The lowest BCUT2D eigenvalue weighted by molar-refractivity contribution is -0.140. The van der Waals surface area contributed by atoms with Crippen molar-refractivity contribution in [3.05, 3.63) is 0 Å².